The molecule has 0 aliphatic carbocycles. The van der Waals surface area contributed by atoms with Gasteiger partial charge in [0.15, 0.2) is 12.3 Å². The van der Waals surface area contributed by atoms with Crippen LogP contribution in [0.1, 0.15) is 32.1 Å². The van der Waals surface area contributed by atoms with Crippen LogP contribution in [-0.2, 0) is 26.8 Å². The number of aromatic nitrogens is 2. The summed E-state index contributed by atoms with van der Waals surface area (Å²) in [6.07, 6.45) is 6.15. The van der Waals surface area contributed by atoms with Crippen molar-refractivity contribution in [2.75, 3.05) is 23.0 Å². The molecule has 0 saturated heterocycles. The molecule has 4 aromatic rings. The minimum Gasteiger partial charge on any atom is -0.748 e. The minimum atomic E-state index is -4.40. The molecule has 0 unspecified atom stereocenters. The van der Waals surface area contributed by atoms with E-state index in [9.17, 15) is 25.9 Å². The molecule has 1 aliphatic rings. The van der Waals surface area contributed by atoms with Crippen molar-refractivity contribution in [3.8, 4) is 17.0 Å². The monoisotopic (exact) mass is 646 g/mol. The molecule has 1 aliphatic heterocycles. The zero-order valence-electron chi connectivity index (χ0n) is 23.2. The summed E-state index contributed by atoms with van der Waals surface area (Å²) in [7, 11) is -8.78. The molecule has 1 N–H and O–H groups in total. The first kappa shape index (κ1) is 30.8. The van der Waals surface area contributed by atoms with Gasteiger partial charge in [-0.05, 0) is 60.9 Å². The number of nitrogens with zero attached hydrogens (tertiary/aromatic N) is 2. The fourth-order valence-electron chi connectivity index (χ4n) is 4.89. The molecule has 0 fully saturated rings. The molecule has 5 rings (SSSR count). The van der Waals surface area contributed by atoms with E-state index in [1.165, 1.54) is 0 Å². The van der Waals surface area contributed by atoms with Gasteiger partial charge in [0, 0.05) is 59.1 Å². The highest BCUT2D eigenvalue weighted by atomic mass is 35.5. The smallest absolute Gasteiger partial charge is 0.374 e. The Labute approximate surface area is 254 Å². The second kappa shape index (κ2) is 12.5. The summed E-state index contributed by atoms with van der Waals surface area (Å²) in [6, 6.07) is 14.6. The Kier molecular flexibility index (Phi) is 8.99. The number of rotatable bonds is 12. The lowest BCUT2D eigenvalue weighted by Crippen LogP contribution is -2.36. The van der Waals surface area contributed by atoms with Crippen molar-refractivity contribution in [3.63, 3.8) is 0 Å². The highest BCUT2D eigenvalue weighted by Gasteiger charge is 2.28. The minimum absolute atomic E-state index is 0.0823. The summed E-state index contributed by atoms with van der Waals surface area (Å²) >= 11 is 6.22. The number of anilines is 1. The van der Waals surface area contributed by atoms with Gasteiger partial charge in [-0.15, -0.1) is 0 Å². The maximum Gasteiger partial charge on any atom is 0.374 e. The third kappa shape index (κ3) is 7.67. The molecule has 2 aromatic heterocycles. The molecule has 43 heavy (non-hydrogen) atoms. The van der Waals surface area contributed by atoms with Crippen LogP contribution in [0.3, 0.4) is 0 Å². The number of hydrogen-bond acceptors (Lipinski definition) is 9. The largest absolute Gasteiger partial charge is 0.748 e. The fraction of sp³-hybridized carbons (Fsp3) is 0.276. The van der Waals surface area contributed by atoms with Gasteiger partial charge in [-0.2, -0.15) is 4.57 Å². The van der Waals surface area contributed by atoms with Crippen molar-refractivity contribution >= 4 is 54.7 Å². The summed E-state index contributed by atoms with van der Waals surface area (Å²) in [5.41, 5.74) is 4.54. The molecule has 2 aromatic carbocycles. The van der Waals surface area contributed by atoms with E-state index in [-0.39, 0.29) is 25.9 Å². The lowest BCUT2D eigenvalue weighted by molar-refractivity contribution is -0.677. The topological polar surface area (TPSA) is 160 Å². The molecule has 0 saturated carbocycles. The second-order valence-electron chi connectivity index (χ2n) is 10.0. The lowest BCUT2D eigenvalue weighted by Gasteiger charge is -2.19. The molecular weight excluding hydrogens is 618 g/mol. The van der Waals surface area contributed by atoms with Crippen LogP contribution in [0.4, 0.5) is 5.69 Å². The van der Waals surface area contributed by atoms with Gasteiger partial charge in [-0.3, -0.25) is 0 Å². The van der Waals surface area contributed by atoms with Crippen LogP contribution < -0.4 is 14.2 Å². The molecule has 0 bridgehead atoms. The third-order valence-corrected chi connectivity index (χ3v) is 8.72. The summed E-state index contributed by atoms with van der Waals surface area (Å²) in [6.45, 7) is 2.36. The quantitative estimate of drug-likeness (QED) is 0.169. The fourth-order valence-corrected chi connectivity index (χ4v) is 6.02. The van der Waals surface area contributed by atoms with Crippen LogP contribution in [0.25, 0.3) is 28.4 Å². The van der Waals surface area contributed by atoms with E-state index in [1.807, 2.05) is 54.1 Å². The van der Waals surface area contributed by atoms with E-state index in [1.54, 1.807) is 29.2 Å². The average Bonchev–Trinajstić information content (AvgIpc) is 3.65. The number of aryl methyl sites for hydroxylation is 1. The number of oxazole rings is 1. The first-order valence-electron chi connectivity index (χ1n) is 13.5. The molecule has 14 heteroatoms. The molecular formula is C29H29ClN3O8S2-. The van der Waals surface area contributed by atoms with E-state index in [2.05, 4.69) is 4.98 Å². The van der Waals surface area contributed by atoms with E-state index in [0.29, 0.717) is 40.2 Å². The van der Waals surface area contributed by atoms with Gasteiger partial charge in [-0.1, -0.05) is 18.5 Å². The zero-order chi connectivity index (χ0) is 30.8. The second-order valence-corrected chi connectivity index (χ2v) is 13.5. The number of H-pyrrole nitrogens is 1. The van der Waals surface area contributed by atoms with Crippen molar-refractivity contribution in [2.24, 2.45) is 0 Å². The molecule has 3 heterocycles. The predicted molar refractivity (Wildman–Crippen MR) is 160 cm³/mol. The van der Waals surface area contributed by atoms with Gasteiger partial charge >= 0.3 is 5.89 Å². The van der Waals surface area contributed by atoms with Crippen molar-refractivity contribution in [1.29, 1.82) is 0 Å². The number of ether oxygens (including phenoxy) is 1. The number of aromatic amines is 1. The van der Waals surface area contributed by atoms with Gasteiger partial charge in [0.1, 0.15) is 0 Å². The summed E-state index contributed by atoms with van der Waals surface area (Å²) in [5, 5.41) is 0.471. The Morgan fingerprint density at radius 1 is 1.05 bits per heavy atom. The van der Waals surface area contributed by atoms with Gasteiger partial charge < -0.3 is 28.1 Å². The van der Waals surface area contributed by atoms with Crippen LogP contribution in [0.5, 0.6) is 5.75 Å². The molecule has 0 radical (unpaired) electrons. The van der Waals surface area contributed by atoms with Crippen molar-refractivity contribution < 1.29 is 39.7 Å². The Morgan fingerprint density at radius 3 is 2.51 bits per heavy atom. The zero-order valence-corrected chi connectivity index (χ0v) is 25.5. The summed E-state index contributed by atoms with van der Waals surface area (Å²) in [4.78, 5) is 4.94. The maximum absolute atomic E-state index is 11.3. The highest BCUT2D eigenvalue weighted by Crippen LogP contribution is 2.41. The summed E-state index contributed by atoms with van der Waals surface area (Å²) in [5.74, 6) is 0.358. The van der Waals surface area contributed by atoms with Crippen molar-refractivity contribution in [2.45, 2.75) is 32.7 Å². The highest BCUT2D eigenvalue weighted by molar-refractivity contribution is 7.85. The van der Waals surface area contributed by atoms with Crippen LogP contribution in [-0.4, -0.2) is 49.0 Å². The number of nitrogens with one attached hydrogen (secondary N) is 1. The Hall–Kier alpha value is -3.62. The molecule has 11 nitrogen and oxygen atoms in total. The van der Waals surface area contributed by atoms with Crippen molar-refractivity contribution in [1.82, 2.24) is 4.98 Å². The Bertz CT molecular complexity index is 1910. The van der Waals surface area contributed by atoms with Gasteiger partial charge in [0.2, 0.25) is 11.5 Å². The van der Waals surface area contributed by atoms with Gasteiger partial charge in [0.05, 0.1) is 32.0 Å². The molecule has 0 atom stereocenters. The SMILES string of the molecule is CCC(/C=C1\Oc2ccc(Cl)cc2N1CCCS(=O)(=O)[O-])=C\c1oc2ccc(-c3ccc[nH]3)cc2[n+]1CCCS(=O)(=O)[O-]. The van der Waals surface area contributed by atoms with Crippen LogP contribution in [0.15, 0.2) is 76.7 Å². The van der Waals surface area contributed by atoms with E-state index >= 15 is 0 Å². The molecule has 0 spiro atoms. The summed E-state index contributed by atoms with van der Waals surface area (Å²) < 4.78 is 81.8. The van der Waals surface area contributed by atoms with Crippen LogP contribution in [0.2, 0.25) is 5.02 Å². The van der Waals surface area contributed by atoms with Crippen molar-refractivity contribution in [3.05, 3.63) is 83.2 Å². The Balaban J connectivity index is 1.53. The third-order valence-electron chi connectivity index (χ3n) is 6.91. The van der Waals surface area contributed by atoms with Crippen LogP contribution >= 0.6 is 11.6 Å². The Morgan fingerprint density at radius 2 is 1.81 bits per heavy atom. The number of fused-ring (bicyclic) bond motifs is 2. The van der Waals surface area contributed by atoms with Crippen LogP contribution in [0, 0.1) is 0 Å². The van der Waals surface area contributed by atoms with Gasteiger partial charge in [-0.25, -0.2) is 16.8 Å². The number of halogens is 1. The standard InChI is InChI=1S/C29H30ClN3O8S2/c1-2-20(17-29-33(13-5-15-43(37,38)39)25-19-22(30)8-10-27(25)41-29)16-28-32(12-4-14-42(34,35)36)24-18-21(7-9-26(24)40-28)23-6-3-11-31-23/h3,6-11,16-19,31H,2,4-5,12-15H2,1H3,(H-,34,35,36,37,38,39)/p-1. The van der Waals surface area contributed by atoms with E-state index in [0.717, 1.165) is 22.3 Å². The maximum atomic E-state index is 11.3. The number of hydrogen-bond donors (Lipinski definition) is 1. The number of allylic oxidation sites excluding steroid dienone is 2. The number of benzene rings is 2. The van der Waals surface area contributed by atoms with Gasteiger partial charge in [0.25, 0.3) is 5.52 Å². The van der Waals surface area contributed by atoms with E-state index in [4.69, 9.17) is 20.8 Å². The van der Waals surface area contributed by atoms with E-state index < -0.39 is 31.7 Å². The average molecular weight is 647 g/mol. The molecule has 0 amide bonds. The normalized spacial score (nSPS) is 14.9. The first-order chi connectivity index (χ1) is 20.4. The molecule has 228 valence electrons. The first-order valence-corrected chi connectivity index (χ1v) is 17.1. The lowest BCUT2D eigenvalue weighted by atomic mass is 10.1. The predicted octanol–water partition coefficient (Wildman–Crippen LogP) is 4.77.